The van der Waals surface area contributed by atoms with Crippen molar-refractivity contribution >= 4 is 22.5 Å². The molecule has 0 amide bonds. The molecule has 68 valence electrons. The van der Waals surface area contributed by atoms with Crippen LogP contribution in [0.2, 0.25) is 5.15 Å². The van der Waals surface area contributed by atoms with Gasteiger partial charge in [-0.15, -0.1) is 0 Å². The Balaban J connectivity index is 2.75. The van der Waals surface area contributed by atoms with Crippen molar-refractivity contribution in [1.82, 2.24) is 9.97 Å². The molecule has 0 aliphatic heterocycles. The summed E-state index contributed by atoms with van der Waals surface area (Å²) in [4.78, 5) is 7.53. The molecule has 0 atom stereocenters. The van der Waals surface area contributed by atoms with Crippen molar-refractivity contribution in [2.75, 3.05) is 0 Å². The van der Waals surface area contributed by atoms with Gasteiger partial charge in [-0.3, -0.25) is 0 Å². The molecule has 0 unspecified atom stereocenters. The third kappa shape index (κ3) is 1.42. The van der Waals surface area contributed by atoms with E-state index in [-0.39, 0.29) is 0 Å². The van der Waals surface area contributed by atoms with Crippen molar-refractivity contribution in [3.8, 4) is 0 Å². The van der Waals surface area contributed by atoms with Gasteiger partial charge in [-0.2, -0.15) is 0 Å². The van der Waals surface area contributed by atoms with Crippen molar-refractivity contribution in [2.24, 2.45) is 0 Å². The fourth-order valence-electron chi connectivity index (χ4n) is 1.46. The quantitative estimate of drug-likeness (QED) is 0.695. The first-order chi connectivity index (χ1) is 6.20. The van der Waals surface area contributed by atoms with Gasteiger partial charge in [-0.1, -0.05) is 18.5 Å². The van der Waals surface area contributed by atoms with Crippen molar-refractivity contribution in [3.05, 3.63) is 28.7 Å². The lowest BCUT2D eigenvalue weighted by molar-refractivity contribution is 1.04. The summed E-state index contributed by atoms with van der Waals surface area (Å²) in [6.45, 7) is 4.09. The molecular formula is C10H11ClN2. The molecule has 0 radical (unpaired) electrons. The summed E-state index contributed by atoms with van der Waals surface area (Å²) < 4.78 is 0. The second-order valence-corrected chi connectivity index (χ2v) is 3.53. The Morgan fingerprint density at radius 3 is 2.92 bits per heavy atom. The van der Waals surface area contributed by atoms with Crippen LogP contribution in [0.15, 0.2) is 12.1 Å². The molecule has 0 fully saturated rings. The lowest BCUT2D eigenvalue weighted by atomic mass is 10.2. The molecule has 13 heavy (non-hydrogen) atoms. The molecule has 0 spiro atoms. The van der Waals surface area contributed by atoms with Gasteiger partial charge in [-0.05, 0) is 25.5 Å². The number of nitrogens with zero attached hydrogens (tertiary/aromatic N) is 1. The van der Waals surface area contributed by atoms with E-state index in [0.29, 0.717) is 5.15 Å². The predicted octanol–water partition coefficient (Wildman–Crippen LogP) is 3.09. The largest absolute Gasteiger partial charge is 0.359 e. The van der Waals surface area contributed by atoms with Gasteiger partial charge in [0.05, 0.1) is 5.52 Å². The Labute approximate surface area is 81.9 Å². The van der Waals surface area contributed by atoms with Crippen LogP contribution < -0.4 is 0 Å². The van der Waals surface area contributed by atoms with Gasteiger partial charge in [0, 0.05) is 16.8 Å². The number of hydrogen-bond donors (Lipinski definition) is 1. The molecule has 0 aliphatic rings. The zero-order chi connectivity index (χ0) is 9.42. The fraction of sp³-hybridized carbons (Fsp3) is 0.300. The van der Waals surface area contributed by atoms with E-state index in [2.05, 4.69) is 16.9 Å². The number of aryl methyl sites for hydroxylation is 2. The molecule has 2 aromatic rings. The maximum absolute atomic E-state index is 6.02. The number of H-pyrrole nitrogens is 1. The Hall–Kier alpha value is -1.02. The highest BCUT2D eigenvalue weighted by Gasteiger charge is 2.04. The number of pyridine rings is 1. The monoisotopic (exact) mass is 194 g/mol. The topological polar surface area (TPSA) is 28.7 Å². The number of rotatable bonds is 1. The summed E-state index contributed by atoms with van der Waals surface area (Å²) in [5.41, 5.74) is 3.22. The summed E-state index contributed by atoms with van der Waals surface area (Å²) in [5, 5.41) is 1.61. The zero-order valence-electron chi connectivity index (χ0n) is 7.69. The lowest BCUT2D eigenvalue weighted by Crippen LogP contribution is -1.87. The van der Waals surface area contributed by atoms with Gasteiger partial charge in [0.1, 0.15) is 5.15 Å². The van der Waals surface area contributed by atoms with Crippen molar-refractivity contribution < 1.29 is 0 Å². The van der Waals surface area contributed by atoms with E-state index in [4.69, 9.17) is 11.6 Å². The molecule has 2 rings (SSSR count). The molecule has 0 bridgehead atoms. The number of fused-ring (bicyclic) bond motifs is 1. The molecule has 3 heteroatoms. The summed E-state index contributed by atoms with van der Waals surface area (Å²) in [7, 11) is 0. The summed E-state index contributed by atoms with van der Waals surface area (Å²) in [6.07, 6.45) is 0.910. The molecule has 0 saturated heterocycles. The number of aromatic amines is 1. The highest BCUT2D eigenvalue weighted by atomic mass is 35.5. The summed E-state index contributed by atoms with van der Waals surface area (Å²) in [5.74, 6) is 0. The van der Waals surface area contributed by atoms with Gasteiger partial charge in [0.2, 0.25) is 0 Å². The van der Waals surface area contributed by atoms with E-state index in [1.54, 1.807) is 0 Å². The molecule has 0 aliphatic carbocycles. The van der Waals surface area contributed by atoms with Crippen molar-refractivity contribution in [2.45, 2.75) is 20.3 Å². The third-order valence-corrected chi connectivity index (χ3v) is 2.41. The first-order valence-corrected chi connectivity index (χ1v) is 4.73. The first kappa shape index (κ1) is 8.57. The standard InChI is InChI=1S/C10H11ClN2/c1-3-7-5-9-8(10(11)13-7)4-6(2)12-9/h4-5,12H,3H2,1-2H3. The minimum atomic E-state index is 0.596. The lowest BCUT2D eigenvalue weighted by Gasteiger charge is -1.97. The van der Waals surface area contributed by atoms with Crippen molar-refractivity contribution in [1.29, 1.82) is 0 Å². The molecule has 2 nitrogen and oxygen atoms in total. The first-order valence-electron chi connectivity index (χ1n) is 4.35. The van der Waals surface area contributed by atoms with E-state index in [1.807, 2.05) is 19.1 Å². The average Bonchev–Trinajstić information content (AvgIpc) is 2.46. The van der Waals surface area contributed by atoms with E-state index in [0.717, 1.165) is 28.7 Å². The van der Waals surface area contributed by atoms with Gasteiger partial charge in [-0.25, -0.2) is 4.98 Å². The Bertz CT molecular complexity index is 445. The number of hydrogen-bond acceptors (Lipinski definition) is 1. The van der Waals surface area contributed by atoms with Crippen LogP contribution in [0.5, 0.6) is 0 Å². The van der Waals surface area contributed by atoms with Crippen LogP contribution in [-0.4, -0.2) is 9.97 Å². The number of aromatic nitrogens is 2. The molecule has 2 heterocycles. The van der Waals surface area contributed by atoms with Gasteiger partial charge >= 0.3 is 0 Å². The molecule has 0 saturated carbocycles. The molecular weight excluding hydrogens is 184 g/mol. The predicted molar refractivity (Wildman–Crippen MR) is 55.2 cm³/mol. The SMILES string of the molecule is CCc1cc2[nH]c(C)cc2c(Cl)n1. The number of halogens is 1. The van der Waals surface area contributed by atoms with Gasteiger partial charge in [0.15, 0.2) is 0 Å². The normalized spacial score (nSPS) is 11.0. The Kier molecular flexibility index (Phi) is 2.00. The van der Waals surface area contributed by atoms with Crippen LogP contribution in [-0.2, 0) is 6.42 Å². The Morgan fingerprint density at radius 1 is 1.46 bits per heavy atom. The summed E-state index contributed by atoms with van der Waals surface area (Å²) >= 11 is 6.02. The Morgan fingerprint density at radius 2 is 2.23 bits per heavy atom. The van der Waals surface area contributed by atoms with Crippen LogP contribution in [0.1, 0.15) is 18.3 Å². The van der Waals surface area contributed by atoms with Crippen molar-refractivity contribution in [3.63, 3.8) is 0 Å². The second kappa shape index (κ2) is 3.04. The minimum absolute atomic E-state index is 0.596. The van der Waals surface area contributed by atoms with Crippen LogP contribution in [0.25, 0.3) is 10.9 Å². The van der Waals surface area contributed by atoms with Crippen LogP contribution in [0.3, 0.4) is 0 Å². The van der Waals surface area contributed by atoms with E-state index in [1.165, 1.54) is 0 Å². The third-order valence-electron chi connectivity index (χ3n) is 2.12. The molecule has 1 N–H and O–H groups in total. The highest BCUT2D eigenvalue weighted by molar-refractivity contribution is 6.34. The van der Waals surface area contributed by atoms with Crippen LogP contribution in [0, 0.1) is 6.92 Å². The number of nitrogens with one attached hydrogen (secondary N) is 1. The highest BCUT2D eigenvalue weighted by Crippen LogP contribution is 2.23. The maximum atomic E-state index is 6.02. The second-order valence-electron chi connectivity index (χ2n) is 3.17. The average molecular weight is 195 g/mol. The zero-order valence-corrected chi connectivity index (χ0v) is 8.44. The minimum Gasteiger partial charge on any atom is -0.359 e. The fourth-order valence-corrected chi connectivity index (χ4v) is 1.73. The van der Waals surface area contributed by atoms with Gasteiger partial charge in [0.25, 0.3) is 0 Å². The maximum Gasteiger partial charge on any atom is 0.138 e. The smallest absolute Gasteiger partial charge is 0.138 e. The molecule has 2 aromatic heterocycles. The van der Waals surface area contributed by atoms with Gasteiger partial charge < -0.3 is 4.98 Å². The van der Waals surface area contributed by atoms with E-state index < -0.39 is 0 Å². The van der Waals surface area contributed by atoms with E-state index >= 15 is 0 Å². The summed E-state index contributed by atoms with van der Waals surface area (Å²) in [6, 6.07) is 4.07. The van der Waals surface area contributed by atoms with E-state index in [9.17, 15) is 0 Å². The molecule has 0 aromatic carbocycles. The van der Waals surface area contributed by atoms with Crippen LogP contribution >= 0.6 is 11.6 Å². The van der Waals surface area contributed by atoms with Crippen LogP contribution in [0.4, 0.5) is 0 Å².